The topological polar surface area (TPSA) is 69.6 Å². The Balaban J connectivity index is 2.53. The smallest absolute Gasteiger partial charge is 0.304 e. The zero-order valence-electron chi connectivity index (χ0n) is 12.2. The summed E-state index contributed by atoms with van der Waals surface area (Å²) >= 11 is 0. The molecule has 19 heavy (non-hydrogen) atoms. The van der Waals surface area contributed by atoms with Crippen LogP contribution < -0.4 is 5.32 Å². The summed E-state index contributed by atoms with van der Waals surface area (Å²) < 4.78 is 0. The second-order valence-corrected chi connectivity index (χ2v) is 5.44. The average Bonchev–Trinajstić information content (AvgIpc) is 2.81. The molecule has 1 rings (SSSR count). The van der Waals surface area contributed by atoms with E-state index >= 15 is 0 Å². The van der Waals surface area contributed by atoms with Crippen molar-refractivity contribution < 1.29 is 14.7 Å². The minimum atomic E-state index is -0.825. The minimum absolute atomic E-state index is 0.0194. The van der Waals surface area contributed by atoms with Crippen LogP contribution >= 0.6 is 0 Å². The van der Waals surface area contributed by atoms with E-state index in [1.165, 1.54) is 12.8 Å². The van der Waals surface area contributed by atoms with Gasteiger partial charge in [-0.25, -0.2) is 0 Å². The molecule has 2 N–H and O–H groups in total. The Morgan fingerprint density at radius 1 is 1.32 bits per heavy atom. The van der Waals surface area contributed by atoms with E-state index in [1.807, 2.05) is 25.7 Å². The van der Waals surface area contributed by atoms with Gasteiger partial charge < -0.3 is 10.4 Å². The molecule has 0 aliphatic heterocycles. The van der Waals surface area contributed by atoms with Gasteiger partial charge in [-0.1, -0.05) is 19.8 Å². The van der Waals surface area contributed by atoms with E-state index in [9.17, 15) is 9.59 Å². The molecular formula is C14H26N2O3. The number of aliphatic carboxylic acids is 1. The monoisotopic (exact) mass is 270 g/mol. The molecule has 0 aromatic heterocycles. The van der Waals surface area contributed by atoms with E-state index in [-0.39, 0.29) is 24.4 Å². The van der Waals surface area contributed by atoms with Crippen LogP contribution in [0.15, 0.2) is 0 Å². The first kappa shape index (κ1) is 16.0. The predicted octanol–water partition coefficient (Wildman–Crippen LogP) is 1.62. The molecule has 5 nitrogen and oxygen atoms in total. The second-order valence-electron chi connectivity index (χ2n) is 5.44. The summed E-state index contributed by atoms with van der Waals surface area (Å²) in [6, 6.07) is -0.102. The number of rotatable bonds is 7. The molecule has 0 saturated heterocycles. The summed E-state index contributed by atoms with van der Waals surface area (Å²) in [5.41, 5.74) is 0. The molecule has 0 bridgehead atoms. The van der Waals surface area contributed by atoms with E-state index in [0.29, 0.717) is 12.6 Å². The molecule has 0 spiro atoms. The van der Waals surface area contributed by atoms with Crippen molar-refractivity contribution in [3.05, 3.63) is 0 Å². The Labute approximate surface area is 115 Å². The van der Waals surface area contributed by atoms with Crippen molar-refractivity contribution in [3.63, 3.8) is 0 Å². The Kier molecular flexibility index (Phi) is 6.28. The summed E-state index contributed by atoms with van der Waals surface area (Å²) in [5, 5.41) is 11.9. The van der Waals surface area contributed by atoms with Crippen molar-refractivity contribution in [2.75, 3.05) is 6.54 Å². The lowest BCUT2D eigenvalue weighted by Crippen LogP contribution is -2.51. The first-order valence-corrected chi connectivity index (χ1v) is 7.23. The fraction of sp³-hybridized carbons (Fsp3) is 0.857. The second kappa shape index (κ2) is 7.48. The lowest BCUT2D eigenvalue weighted by atomic mass is 10.1. The first-order valence-electron chi connectivity index (χ1n) is 7.23. The zero-order chi connectivity index (χ0) is 14.4. The van der Waals surface area contributed by atoms with Crippen molar-refractivity contribution in [1.82, 2.24) is 10.2 Å². The quantitative estimate of drug-likeness (QED) is 0.737. The predicted molar refractivity (Wildman–Crippen MR) is 74.0 cm³/mol. The number of carboxylic acid groups (broad SMARTS) is 1. The number of nitrogens with one attached hydrogen (secondary N) is 1. The number of hydrogen-bond acceptors (Lipinski definition) is 3. The third-order valence-corrected chi connectivity index (χ3v) is 3.98. The standard InChI is InChI=1S/C14H26N2O3/c1-4-16(10(2)9-13(17)18)11(3)14(19)15-12-7-5-6-8-12/h10-12H,4-9H2,1-3H3,(H,15,19)(H,17,18). The fourth-order valence-electron chi connectivity index (χ4n) is 2.88. The van der Waals surface area contributed by atoms with E-state index in [1.54, 1.807) is 0 Å². The Morgan fingerprint density at radius 2 is 1.89 bits per heavy atom. The normalized spacial score (nSPS) is 19.4. The van der Waals surface area contributed by atoms with Gasteiger partial charge in [-0.15, -0.1) is 0 Å². The maximum absolute atomic E-state index is 12.2. The molecule has 1 aliphatic rings. The summed E-state index contributed by atoms with van der Waals surface area (Å²) in [6.45, 7) is 6.34. The summed E-state index contributed by atoms with van der Waals surface area (Å²) in [7, 11) is 0. The lowest BCUT2D eigenvalue weighted by Gasteiger charge is -2.32. The first-order chi connectivity index (χ1) is 8.95. The van der Waals surface area contributed by atoms with Crippen LogP contribution in [0.1, 0.15) is 52.9 Å². The number of carbonyl (C=O) groups excluding carboxylic acids is 1. The van der Waals surface area contributed by atoms with Gasteiger partial charge in [0.15, 0.2) is 0 Å². The van der Waals surface area contributed by atoms with E-state index in [2.05, 4.69) is 5.32 Å². The largest absolute Gasteiger partial charge is 0.481 e. The molecule has 1 amide bonds. The lowest BCUT2D eigenvalue weighted by molar-refractivity contribution is -0.139. The Morgan fingerprint density at radius 3 is 2.37 bits per heavy atom. The number of carboxylic acids is 1. The zero-order valence-corrected chi connectivity index (χ0v) is 12.2. The molecule has 2 atom stereocenters. The summed E-state index contributed by atoms with van der Waals surface area (Å²) in [6.07, 6.45) is 4.57. The highest BCUT2D eigenvalue weighted by Gasteiger charge is 2.27. The van der Waals surface area contributed by atoms with Crippen LogP contribution in [0.25, 0.3) is 0 Å². The summed E-state index contributed by atoms with van der Waals surface area (Å²) in [4.78, 5) is 24.9. The highest BCUT2D eigenvalue weighted by molar-refractivity contribution is 5.81. The maximum atomic E-state index is 12.2. The molecule has 0 aromatic carbocycles. The van der Waals surface area contributed by atoms with Crippen LogP contribution in [-0.2, 0) is 9.59 Å². The van der Waals surface area contributed by atoms with Gasteiger partial charge in [0, 0.05) is 12.1 Å². The van der Waals surface area contributed by atoms with Crippen molar-refractivity contribution >= 4 is 11.9 Å². The molecule has 110 valence electrons. The molecular weight excluding hydrogens is 244 g/mol. The van der Waals surface area contributed by atoms with Gasteiger partial charge in [0.25, 0.3) is 0 Å². The van der Waals surface area contributed by atoms with Crippen LogP contribution in [0, 0.1) is 0 Å². The van der Waals surface area contributed by atoms with Crippen LogP contribution in [0.4, 0.5) is 0 Å². The molecule has 2 unspecified atom stereocenters. The van der Waals surface area contributed by atoms with Gasteiger partial charge in [-0.3, -0.25) is 14.5 Å². The third-order valence-electron chi connectivity index (χ3n) is 3.98. The van der Waals surface area contributed by atoms with E-state index in [4.69, 9.17) is 5.11 Å². The number of nitrogens with zero attached hydrogens (tertiary/aromatic N) is 1. The van der Waals surface area contributed by atoms with Crippen molar-refractivity contribution in [1.29, 1.82) is 0 Å². The molecule has 0 radical (unpaired) electrons. The third kappa shape index (κ3) is 4.82. The molecule has 5 heteroatoms. The van der Waals surface area contributed by atoms with E-state index < -0.39 is 5.97 Å². The number of hydrogen-bond donors (Lipinski definition) is 2. The van der Waals surface area contributed by atoms with Crippen LogP contribution in [0.3, 0.4) is 0 Å². The molecule has 0 heterocycles. The maximum Gasteiger partial charge on any atom is 0.304 e. The number of carbonyl (C=O) groups is 2. The van der Waals surface area contributed by atoms with Gasteiger partial charge in [0.05, 0.1) is 12.5 Å². The average molecular weight is 270 g/mol. The van der Waals surface area contributed by atoms with Gasteiger partial charge >= 0.3 is 5.97 Å². The van der Waals surface area contributed by atoms with Crippen LogP contribution in [0.2, 0.25) is 0 Å². The van der Waals surface area contributed by atoms with Gasteiger partial charge in [0.1, 0.15) is 0 Å². The van der Waals surface area contributed by atoms with Gasteiger partial charge in [-0.05, 0) is 33.2 Å². The van der Waals surface area contributed by atoms with Crippen LogP contribution in [-0.4, -0.2) is 46.6 Å². The number of amides is 1. The summed E-state index contributed by atoms with van der Waals surface area (Å²) in [5.74, 6) is -0.805. The van der Waals surface area contributed by atoms with Crippen molar-refractivity contribution in [2.24, 2.45) is 0 Å². The van der Waals surface area contributed by atoms with Crippen LogP contribution in [0.5, 0.6) is 0 Å². The molecule has 0 aromatic rings. The molecule has 1 fully saturated rings. The highest BCUT2D eigenvalue weighted by atomic mass is 16.4. The molecule has 1 saturated carbocycles. The van der Waals surface area contributed by atoms with Gasteiger partial charge in [-0.2, -0.15) is 0 Å². The van der Waals surface area contributed by atoms with Crippen molar-refractivity contribution in [3.8, 4) is 0 Å². The molecule has 1 aliphatic carbocycles. The van der Waals surface area contributed by atoms with E-state index in [0.717, 1.165) is 12.8 Å². The fourth-order valence-corrected chi connectivity index (χ4v) is 2.88. The van der Waals surface area contributed by atoms with Gasteiger partial charge in [0.2, 0.25) is 5.91 Å². The SMILES string of the molecule is CCN(C(C)CC(=O)O)C(C)C(=O)NC1CCCC1. The number of likely N-dealkylation sites (N-methyl/N-ethyl adjacent to an activating group) is 1. The highest BCUT2D eigenvalue weighted by Crippen LogP contribution is 2.18. The minimum Gasteiger partial charge on any atom is -0.481 e. The van der Waals surface area contributed by atoms with Crippen molar-refractivity contribution in [2.45, 2.75) is 71.0 Å². The Bertz CT molecular complexity index is 314. The Hall–Kier alpha value is -1.10.